The number of pyridine rings is 1. The number of hydrogen-bond acceptors (Lipinski definition) is 5. The summed E-state index contributed by atoms with van der Waals surface area (Å²) in [6.07, 6.45) is 3.66. The van der Waals surface area contributed by atoms with Crippen LogP contribution >= 0.6 is 0 Å². The number of nitrogens with one attached hydrogen (secondary N) is 1. The topological polar surface area (TPSA) is 75.9 Å². The Hall–Kier alpha value is -2.94. The molecule has 7 nitrogen and oxygen atoms in total. The van der Waals surface area contributed by atoms with Gasteiger partial charge in [0.15, 0.2) is 5.82 Å². The lowest BCUT2D eigenvalue weighted by Gasteiger charge is -2.39. The molecule has 0 radical (unpaired) electrons. The molecule has 0 spiro atoms. The maximum atomic E-state index is 13.9. The molecule has 1 amide bonds. The van der Waals surface area contributed by atoms with E-state index in [1.807, 2.05) is 6.20 Å². The Balaban J connectivity index is 1.88. The second-order valence-corrected chi connectivity index (χ2v) is 7.83. The number of rotatable bonds is 5. The number of likely N-dealkylation sites (N-methyl/N-ethyl adjacent to an activating group) is 1. The van der Waals surface area contributed by atoms with E-state index in [4.69, 9.17) is 0 Å². The molecule has 158 valence electrons. The van der Waals surface area contributed by atoms with Crippen molar-refractivity contribution in [3.05, 3.63) is 36.0 Å². The Labute approximate surface area is 173 Å². The highest BCUT2D eigenvalue weighted by Crippen LogP contribution is 2.36. The van der Waals surface area contributed by atoms with Crippen LogP contribution in [-0.4, -0.2) is 50.0 Å². The average molecular weight is 414 g/mol. The third kappa shape index (κ3) is 3.77. The number of nitrogens with zero attached hydrogens (tertiary/aromatic N) is 5. The van der Waals surface area contributed by atoms with Crippen LogP contribution in [0.3, 0.4) is 0 Å². The first-order valence-electron chi connectivity index (χ1n) is 9.90. The van der Waals surface area contributed by atoms with Gasteiger partial charge in [-0.3, -0.25) is 9.69 Å². The Morgan fingerprint density at radius 3 is 2.67 bits per heavy atom. The van der Waals surface area contributed by atoms with Gasteiger partial charge in [-0.2, -0.15) is 8.78 Å². The molecule has 0 bridgehead atoms. The first-order chi connectivity index (χ1) is 14.2. The summed E-state index contributed by atoms with van der Waals surface area (Å²) < 4.78 is 30.0. The maximum absolute atomic E-state index is 13.9. The zero-order valence-electron chi connectivity index (χ0n) is 17.4. The molecule has 30 heavy (non-hydrogen) atoms. The molecule has 0 saturated carbocycles. The molecule has 9 heteroatoms. The molecule has 1 fully saturated rings. The number of halogens is 2. The van der Waals surface area contributed by atoms with Crippen molar-refractivity contribution in [2.45, 2.75) is 39.7 Å². The quantitative estimate of drug-likeness (QED) is 0.688. The summed E-state index contributed by atoms with van der Waals surface area (Å²) in [5.74, 6) is -3.47. The van der Waals surface area contributed by atoms with Crippen LogP contribution in [0, 0.1) is 6.92 Å². The average Bonchev–Trinajstić information content (AvgIpc) is 2.98. The number of carbonyl (C=O) groups excluding carboxylic acids is 1. The summed E-state index contributed by atoms with van der Waals surface area (Å²) in [4.78, 5) is 26.2. The lowest BCUT2D eigenvalue weighted by atomic mass is 10.1. The standard InChI is InChI=1S/C21H24F2N6O/c1-5-28-9-14(10-28)29-11-16(15-7-19(26-13(3)30)24-8-18(15)29)17-6-12(2)25-20(27-17)21(4,22)23/h6-8,11,14H,5,9-10H2,1-4H3,(H,24,26,30). The monoisotopic (exact) mass is 414 g/mol. The SMILES string of the molecule is CCN1CC(n2cc(-c3cc(C)nc(C(C)(F)F)n3)c3cc(NC(C)=O)ncc32)C1. The van der Waals surface area contributed by atoms with Crippen molar-refractivity contribution < 1.29 is 13.6 Å². The molecule has 1 N–H and O–H groups in total. The number of fused-ring (bicyclic) bond motifs is 1. The van der Waals surface area contributed by atoms with Crippen molar-refractivity contribution in [1.29, 1.82) is 0 Å². The van der Waals surface area contributed by atoms with Crippen LogP contribution in [0.5, 0.6) is 0 Å². The molecule has 3 aromatic rings. The molecule has 3 aromatic heterocycles. The molecular weight excluding hydrogens is 390 g/mol. The van der Waals surface area contributed by atoms with Crippen molar-refractivity contribution in [1.82, 2.24) is 24.4 Å². The van der Waals surface area contributed by atoms with Crippen LogP contribution in [0.2, 0.25) is 0 Å². The van der Waals surface area contributed by atoms with E-state index >= 15 is 0 Å². The summed E-state index contributed by atoms with van der Waals surface area (Å²) in [7, 11) is 0. The molecule has 0 unspecified atom stereocenters. The smallest absolute Gasteiger partial charge is 0.303 e. The second kappa shape index (κ2) is 7.39. The molecule has 4 rings (SSSR count). The van der Waals surface area contributed by atoms with E-state index in [1.165, 1.54) is 6.92 Å². The van der Waals surface area contributed by atoms with E-state index in [1.54, 1.807) is 25.3 Å². The van der Waals surface area contributed by atoms with E-state index < -0.39 is 11.7 Å². The Kier molecular flexibility index (Phi) is 5.01. The molecule has 0 atom stereocenters. The first kappa shape index (κ1) is 20.3. The minimum Gasteiger partial charge on any atom is -0.340 e. The normalized spacial score (nSPS) is 15.4. The van der Waals surface area contributed by atoms with Gasteiger partial charge in [-0.05, 0) is 25.6 Å². The largest absolute Gasteiger partial charge is 0.340 e. The van der Waals surface area contributed by atoms with Crippen molar-refractivity contribution >= 4 is 22.6 Å². The zero-order valence-corrected chi connectivity index (χ0v) is 17.4. The van der Waals surface area contributed by atoms with Gasteiger partial charge in [-0.1, -0.05) is 6.92 Å². The number of hydrogen-bond donors (Lipinski definition) is 1. The Morgan fingerprint density at radius 2 is 2.03 bits per heavy atom. The highest BCUT2D eigenvalue weighted by Gasteiger charge is 2.31. The van der Waals surface area contributed by atoms with Gasteiger partial charge in [0.2, 0.25) is 5.91 Å². The predicted octanol–water partition coefficient (Wildman–Crippen LogP) is 3.75. The van der Waals surface area contributed by atoms with E-state index in [9.17, 15) is 13.6 Å². The van der Waals surface area contributed by atoms with E-state index in [0.717, 1.165) is 37.5 Å². The predicted molar refractivity (Wildman–Crippen MR) is 111 cm³/mol. The zero-order chi connectivity index (χ0) is 21.6. The van der Waals surface area contributed by atoms with Gasteiger partial charge in [0.25, 0.3) is 0 Å². The Morgan fingerprint density at radius 1 is 1.30 bits per heavy atom. The van der Waals surface area contributed by atoms with Crippen LogP contribution in [0.15, 0.2) is 24.5 Å². The fourth-order valence-electron chi connectivity index (χ4n) is 3.78. The van der Waals surface area contributed by atoms with Crippen molar-refractivity contribution in [3.63, 3.8) is 0 Å². The minimum atomic E-state index is -3.14. The summed E-state index contributed by atoms with van der Waals surface area (Å²) in [5.41, 5.74) is 2.48. The van der Waals surface area contributed by atoms with Crippen molar-refractivity contribution in [2.75, 3.05) is 25.0 Å². The molecule has 0 aliphatic carbocycles. The molecular formula is C21H24F2N6O. The van der Waals surface area contributed by atoms with E-state index in [0.29, 0.717) is 22.8 Å². The van der Waals surface area contributed by atoms with E-state index in [-0.39, 0.29) is 11.9 Å². The molecule has 1 saturated heterocycles. The van der Waals surface area contributed by atoms with Crippen molar-refractivity contribution in [3.8, 4) is 11.3 Å². The van der Waals surface area contributed by atoms with Crippen LogP contribution in [0.4, 0.5) is 14.6 Å². The van der Waals surface area contributed by atoms with Crippen LogP contribution < -0.4 is 5.32 Å². The van der Waals surface area contributed by atoms with Gasteiger partial charge >= 0.3 is 5.92 Å². The number of likely N-dealkylation sites (tertiary alicyclic amines) is 1. The molecule has 1 aliphatic heterocycles. The maximum Gasteiger partial charge on any atom is 0.303 e. The molecule has 4 heterocycles. The van der Waals surface area contributed by atoms with Gasteiger partial charge < -0.3 is 9.88 Å². The third-order valence-electron chi connectivity index (χ3n) is 5.32. The van der Waals surface area contributed by atoms with Gasteiger partial charge in [-0.15, -0.1) is 0 Å². The Bertz CT molecular complexity index is 1110. The van der Waals surface area contributed by atoms with E-state index in [2.05, 4.69) is 36.7 Å². The summed E-state index contributed by atoms with van der Waals surface area (Å²) in [6, 6.07) is 3.73. The van der Waals surface area contributed by atoms with Gasteiger partial charge in [-0.25, -0.2) is 15.0 Å². The number of alkyl halides is 2. The molecule has 1 aliphatic rings. The number of aromatic nitrogens is 4. The number of aryl methyl sites for hydroxylation is 1. The van der Waals surface area contributed by atoms with Gasteiger partial charge in [0.05, 0.1) is 23.4 Å². The number of anilines is 1. The first-order valence-corrected chi connectivity index (χ1v) is 9.90. The van der Waals surface area contributed by atoms with Gasteiger partial charge in [0, 0.05) is 49.8 Å². The second-order valence-electron chi connectivity index (χ2n) is 7.83. The molecule has 0 aromatic carbocycles. The fourth-order valence-corrected chi connectivity index (χ4v) is 3.78. The third-order valence-corrected chi connectivity index (χ3v) is 5.32. The minimum absolute atomic E-state index is 0.230. The van der Waals surface area contributed by atoms with Crippen molar-refractivity contribution in [2.24, 2.45) is 0 Å². The summed E-state index contributed by atoms with van der Waals surface area (Å²) in [5, 5.41) is 3.48. The van der Waals surface area contributed by atoms with Crippen LogP contribution in [0.1, 0.15) is 38.3 Å². The summed E-state index contributed by atoms with van der Waals surface area (Å²) in [6.45, 7) is 8.80. The lowest BCUT2D eigenvalue weighted by molar-refractivity contribution is -0.114. The van der Waals surface area contributed by atoms with Gasteiger partial charge in [0.1, 0.15) is 5.82 Å². The highest BCUT2D eigenvalue weighted by molar-refractivity contribution is 5.98. The highest BCUT2D eigenvalue weighted by atomic mass is 19.3. The number of amides is 1. The lowest BCUT2D eigenvalue weighted by Crippen LogP contribution is -2.47. The summed E-state index contributed by atoms with van der Waals surface area (Å²) >= 11 is 0. The fraction of sp³-hybridized carbons (Fsp3) is 0.429. The van der Waals surface area contributed by atoms with Crippen LogP contribution in [-0.2, 0) is 10.7 Å². The van der Waals surface area contributed by atoms with Crippen LogP contribution in [0.25, 0.3) is 22.2 Å². The number of carbonyl (C=O) groups is 1.